The number of ether oxygens (including phenoxy) is 1. The molecule has 1 aliphatic rings. The van der Waals surface area contributed by atoms with E-state index in [9.17, 15) is 4.79 Å². The average Bonchev–Trinajstić information content (AvgIpc) is 1.81. The molecule has 1 rings (SSSR count). The van der Waals surface area contributed by atoms with Gasteiger partial charge in [0.1, 0.15) is 5.76 Å². The first kappa shape index (κ1) is 7.32. The van der Waals surface area contributed by atoms with Crippen LogP contribution in [0.3, 0.4) is 0 Å². The molecule has 0 aromatic rings. The lowest BCUT2D eigenvalue weighted by Gasteiger charge is -2.25. The molecule has 0 amide bonds. The largest absolute Gasteiger partial charge is 0.431 e. The van der Waals surface area contributed by atoms with E-state index >= 15 is 0 Å². The fourth-order valence-corrected chi connectivity index (χ4v) is 0.808. The number of carbonyl (C=O) groups excluding carboxylic acids is 1. The Kier molecular flexibility index (Phi) is 1.55. The zero-order valence-electron chi connectivity index (χ0n) is 6.60. The van der Waals surface area contributed by atoms with Crippen molar-refractivity contribution in [1.82, 2.24) is 0 Å². The summed E-state index contributed by atoms with van der Waals surface area (Å²) in [5.74, 6) is 0.608. The third-order valence-electron chi connectivity index (χ3n) is 1.71. The van der Waals surface area contributed by atoms with Crippen molar-refractivity contribution in [2.24, 2.45) is 5.41 Å². The van der Waals surface area contributed by atoms with Crippen LogP contribution in [0.25, 0.3) is 0 Å². The highest BCUT2D eigenvalue weighted by molar-refractivity contribution is 5.78. The summed E-state index contributed by atoms with van der Waals surface area (Å²) < 4.78 is 4.92. The normalized spacial score (nSPS) is 23.5. The predicted octanol–water partition coefficient (Wildman–Crippen LogP) is 1.86. The lowest BCUT2D eigenvalue weighted by molar-refractivity contribution is -0.150. The molecule has 0 saturated heterocycles. The Morgan fingerprint density at radius 1 is 1.60 bits per heavy atom. The van der Waals surface area contributed by atoms with Crippen LogP contribution in [0.15, 0.2) is 11.8 Å². The second kappa shape index (κ2) is 2.11. The first-order chi connectivity index (χ1) is 4.52. The molecule has 0 bridgehead atoms. The Balaban J connectivity index is 2.80. The molecular weight excluding hydrogens is 128 g/mol. The van der Waals surface area contributed by atoms with E-state index in [2.05, 4.69) is 0 Å². The van der Waals surface area contributed by atoms with Crippen LogP contribution < -0.4 is 0 Å². The van der Waals surface area contributed by atoms with E-state index in [0.29, 0.717) is 0 Å². The molecule has 1 aliphatic heterocycles. The molecule has 0 aromatic carbocycles. The summed E-state index contributed by atoms with van der Waals surface area (Å²) in [4.78, 5) is 11.1. The van der Waals surface area contributed by atoms with Gasteiger partial charge in [-0.05, 0) is 33.3 Å². The van der Waals surface area contributed by atoms with Crippen molar-refractivity contribution in [2.45, 2.75) is 27.2 Å². The highest BCUT2D eigenvalue weighted by Crippen LogP contribution is 2.28. The monoisotopic (exact) mass is 140 g/mol. The Morgan fingerprint density at radius 3 is 2.60 bits per heavy atom. The molecule has 0 radical (unpaired) electrons. The van der Waals surface area contributed by atoms with Gasteiger partial charge in [-0.25, -0.2) is 0 Å². The molecule has 2 nitrogen and oxygen atoms in total. The number of hydrogen-bond acceptors (Lipinski definition) is 2. The van der Waals surface area contributed by atoms with Crippen LogP contribution in [0.5, 0.6) is 0 Å². The molecule has 0 atom stereocenters. The summed E-state index contributed by atoms with van der Waals surface area (Å²) in [7, 11) is 0. The quantitative estimate of drug-likeness (QED) is 0.480. The molecule has 0 fully saturated rings. The number of hydrogen-bond donors (Lipinski definition) is 0. The van der Waals surface area contributed by atoms with Crippen LogP contribution in [0.2, 0.25) is 0 Å². The van der Waals surface area contributed by atoms with Crippen molar-refractivity contribution >= 4 is 5.97 Å². The van der Waals surface area contributed by atoms with Gasteiger partial charge in [-0.15, -0.1) is 0 Å². The first-order valence-electron chi connectivity index (χ1n) is 3.41. The van der Waals surface area contributed by atoms with Crippen molar-refractivity contribution in [2.75, 3.05) is 0 Å². The molecule has 10 heavy (non-hydrogen) atoms. The summed E-state index contributed by atoms with van der Waals surface area (Å²) in [5.41, 5.74) is -0.320. The van der Waals surface area contributed by atoms with E-state index in [-0.39, 0.29) is 11.4 Å². The van der Waals surface area contributed by atoms with E-state index in [1.54, 1.807) is 6.92 Å². The van der Waals surface area contributed by atoms with Gasteiger partial charge in [-0.2, -0.15) is 0 Å². The molecule has 0 N–H and O–H groups in total. The minimum absolute atomic E-state index is 0.118. The minimum atomic E-state index is -0.320. The van der Waals surface area contributed by atoms with Crippen LogP contribution in [-0.2, 0) is 9.53 Å². The Morgan fingerprint density at radius 2 is 2.20 bits per heavy atom. The van der Waals surface area contributed by atoms with Crippen molar-refractivity contribution in [3.8, 4) is 0 Å². The SMILES string of the molecule is CC1=CCC(C)(C)C(=O)O1. The predicted molar refractivity (Wildman–Crippen MR) is 38.2 cm³/mol. The van der Waals surface area contributed by atoms with E-state index in [4.69, 9.17) is 4.74 Å². The van der Waals surface area contributed by atoms with E-state index in [0.717, 1.165) is 12.2 Å². The molecule has 1 heterocycles. The van der Waals surface area contributed by atoms with Crippen LogP contribution >= 0.6 is 0 Å². The zero-order valence-corrected chi connectivity index (χ0v) is 6.60. The van der Waals surface area contributed by atoms with Gasteiger partial charge in [0, 0.05) is 0 Å². The topological polar surface area (TPSA) is 26.3 Å². The summed E-state index contributed by atoms with van der Waals surface area (Å²) in [6, 6.07) is 0. The summed E-state index contributed by atoms with van der Waals surface area (Å²) in [6.07, 6.45) is 2.74. The fraction of sp³-hybridized carbons (Fsp3) is 0.625. The Bertz CT molecular complexity index is 189. The first-order valence-corrected chi connectivity index (χ1v) is 3.41. The van der Waals surface area contributed by atoms with Gasteiger partial charge in [0.15, 0.2) is 0 Å². The molecule has 0 aromatic heterocycles. The van der Waals surface area contributed by atoms with Crippen molar-refractivity contribution < 1.29 is 9.53 Å². The van der Waals surface area contributed by atoms with E-state index in [1.165, 1.54) is 0 Å². The second-order valence-corrected chi connectivity index (χ2v) is 3.29. The Hall–Kier alpha value is -0.790. The fourth-order valence-electron chi connectivity index (χ4n) is 0.808. The molecule has 0 saturated carbocycles. The van der Waals surface area contributed by atoms with E-state index < -0.39 is 0 Å². The smallest absolute Gasteiger partial charge is 0.316 e. The number of cyclic esters (lactones) is 1. The maximum Gasteiger partial charge on any atom is 0.316 e. The molecule has 0 unspecified atom stereocenters. The zero-order chi connectivity index (χ0) is 7.78. The highest BCUT2D eigenvalue weighted by Gasteiger charge is 2.31. The maximum atomic E-state index is 11.1. The average molecular weight is 140 g/mol. The van der Waals surface area contributed by atoms with Gasteiger partial charge in [0.25, 0.3) is 0 Å². The highest BCUT2D eigenvalue weighted by atomic mass is 16.5. The van der Waals surface area contributed by atoms with Gasteiger partial charge < -0.3 is 4.74 Å². The van der Waals surface area contributed by atoms with Crippen molar-refractivity contribution in [1.29, 1.82) is 0 Å². The standard InChI is InChI=1S/C8H12O2/c1-6-4-5-8(2,3)7(9)10-6/h4H,5H2,1-3H3. The van der Waals surface area contributed by atoms with Crippen molar-refractivity contribution in [3.63, 3.8) is 0 Å². The van der Waals surface area contributed by atoms with Gasteiger partial charge in [0.05, 0.1) is 5.41 Å². The number of rotatable bonds is 0. The van der Waals surface area contributed by atoms with Gasteiger partial charge >= 0.3 is 5.97 Å². The number of allylic oxidation sites excluding steroid dienone is 2. The summed E-state index contributed by atoms with van der Waals surface area (Å²) in [6.45, 7) is 5.57. The number of carbonyl (C=O) groups is 1. The van der Waals surface area contributed by atoms with E-state index in [1.807, 2.05) is 19.9 Å². The maximum absolute atomic E-state index is 11.1. The minimum Gasteiger partial charge on any atom is -0.431 e. The molecule has 0 aliphatic carbocycles. The summed E-state index contributed by atoms with van der Waals surface area (Å²) >= 11 is 0. The van der Waals surface area contributed by atoms with Gasteiger partial charge in [-0.3, -0.25) is 4.79 Å². The lowest BCUT2D eigenvalue weighted by Crippen LogP contribution is -2.28. The lowest BCUT2D eigenvalue weighted by atomic mass is 9.88. The van der Waals surface area contributed by atoms with Crippen molar-refractivity contribution in [3.05, 3.63) is 11.8 Å². The number of esters is 1. The molecule has 56 valence electrons. The molecule has 0 spiro atoms. The van der Waals surface area contributed by atoms with Crippen LogP contribution in [0, 0.1) is 5.41 Å². The Labute approximate surface area is 60.9 Å². The van der Waals surface area contributed by atoms with Gasteiger partial charge in [0.2, 0.25) is 0 Å². The van der Waals surface area contributed by atoms with Crippen LogP contribution in [0.1, 0.15) is 27.2 Å². The van der Waals surface area contributed by atoms with Crippen LogP contribution in [0.4, 0.5) is 0 Å². The third kappa shape index (κ3) is 1.20. The summed E-state index contributed by atoms with van der Waals surface area (Å²) in [5, 5.41) is 0. The second-order valence-electron chi connectivity index (χ2n) is 3.29. The van der Waals surface area contributed by atoms with Gasteiger partial charge in [-0.1, -0.05) is 0 Å². The van der Waals surface area contributed by atoms with Crippen LogP contribution in [-0.4, -0.2) is 5.97 Å². The third-order valence-corrected chi connectivity index (χ3v) is 1.71. The molecule has 2 heteroatoms. The molecular formula is C8H12O2.